The van der Waals surface area contributed by atoms with Gasteiger partial charge in [-0.2, -0.15) is 0 Å². The molecule has 244 valence electrons. The molecule has 1 saturated heterocycles. The van der Waals surface area contributed by atoms with Crippen molar-refractivity contribution in [2.24, 2.45) is 5.41 Å². The number of amides is 2. The van der Waals surface area contributed by atoms with Crippen LogP contribution in [0.5, 0.6) is 0 Å². The number of methoxy groups -OCH3 is 1. The lowest BCUT2D eigenvalue weighted by Gasteiger charge is -2.28. The number of nitrogens with one attached hydrogen (secondary N) is 2. The molecule has 11 nitrogen and oxygen atoms in total. The van der Waals surface area contributed by atoms with Crippen molar-refractivity contribution in [2.45, 2.75) is 135 Å². The van der Waals surface area contributed by atoms with Gasteiger partial charge in [0, 0.05) is 13.7 Å². The van der Waals surface area contributed by atoms with E-state index >= 15 is 0 Å². The van der Waals surface area contributed by atoms with E-state index in [1.54, 1.807) is 6.08 Å². The van der Waals surface area contributed by atoms with Gasteiger partial charge in [-0.1, -0.05) is 91.2 Å². The van der Waals surface area contributed by atoms with Crippen LogP contribution in [0.1, 0.15) is 98.3 Å². The van der Waals surface area contributed by atoms with Gasteiger partial charge in [0.1, 0.15) is 37.1 Å². The third kappa shape index (κ3) is 16.0. The average Bonchev–Trinajstić information content (AvgIpc) is 3.10. The highest BCUT2D eigenvalue weighted by Gasteiger charge is 2.37. The van der Waals surface area contributed by atoms with Crippen LogP contribution >= 0.6 is 0 Å². The number of hydrogen-bond acceptors (Lipinski definition) is 9. The number of carbonyl (C=O) groups excluding carboxylic acids is 3. The smallest absolute Gasteiger partial charge is 0.332 e. The molecular weight excluding hydrogens is 544 g/mol. The molecule has 0 radical (unpaired) electrons. The van der Waals surface area contributed by atoms with Gasteiger partial charge in [-0.3, -0.25) is 9.59 Å². The number of aliphatic hydroxyl groups is 3. The molecule has 1 rings (SSSR count). The molecule has 0 bridgehead atoms. The fourth-order valence-electron chi connectivity index (χ4n) is 4.59. The molecule has 0 aliphatic carbocycles. The van der Waals surface area contributed by atoms with Crippen LogP contribution in [-0.4, -0.2) is 96.5 Å². The minimum atomic E-state index is -1.76. The highest BCUT2D eigenvalue weighted by atomic mass is 16.6. The first-order valence-corrected chi connectivity index (χ1v) is 15.5. The van der Waals surface area contributed by atoms with Crippen LogP contribution < -0.4 is 10.6 Å². The predicted octanol–water partition coefficient (Wildman–Crippen LogP) is 2.54. The molecule has 1 fully saturated rings. The van der Waals surface area contributed by atoms with Crippen LogP contribution in [0.4, 0.5) is 0 Å². The average molecular weight is 601 g/mol. The number of esters is 1. The molecule has 1 aliphatic rings. The van der Waals surface area contributed by atoms with Gasteiger partial charge in [0.05, 0.1) is 6.54 Å². The fourth-order valence-corrected chi connectivity index (χ4v) is 4.59. The first-order chi connectivity index (χ1) is 19.9. The van der Waals surface area contributed by atoms with Gasteiger partial charge in [0.15, 0.2) is 6.10 Å². The molecule has 1 aliphatic heterocycles. The number of unbranched alkanes of at least 4 members (excludes halogenated alkanes) is 8. The normalized spacial score (nSPS) is 20.8. The van der Waals surface area contributed by atoms with Gasteiger partial charge in [-0.25, -0.2) is 4.79 Å². The van der Waals surface area contributed by atoms with Gasteiger partial charge >= 0.3 is 5.97 Å². The second kappa shape index (κ2) is 20.8. The van der Waals surface area contributed by atoms with Crippen LogP contribution in [0.15, 0.2) is 12.2 Å². The topological polar surface area (TPSA) is 164 Å². The van der Waals surface area contributed by atoms with Crippen LogP contribution in [0.25, 0.3) is 0 Å². The molecule has 0 aromatic heterocycles. The Morgan fingerprint density at radius 2 is 1.62 bits per heavy atom. The van der Waals surface area contributed by atoms with E-state index in [0.29, 0.717) is 13.0 Å². The standard InChI is InChI=1S/C31H56N2O9/c1-6-7-8-9-10-11-12-13-14-19-41-21-25(35)42-22-15-16-23(29(38)32-20-22)33-30(39)28(40-5)27(37)26(36)24(34)17-18-31(2,3)4/h17-18,22-24,26-28,34,36-37H,6-16,19-21H2,1-5H3,(H,32,38)(H,33,39)/b18-17+/t22-,23+,24-,26+,27-,28-/m1/s1. The highest BCUT2D eigenvalue weighted by Crippen LogP contribution is 2.17. The Morgan fingerprint density at radius 1 is 1.00 bits per heavy atom. The number of aliphatic hydroxyl groups excluding tert-OH is 3. The van der Waals surface area contributed by atoms with Crippen molar-refractivity contribution in [1.29, 1.82) is 0 Å². The summed E-state index contributed by atoms with van der Waals surface area (Å²) in [6.45, 7) is 8.35. The Bertz CT molecular complexity index is 815. The predicted molar refractivity (Wildman–Crippen MR) is 160 cm³/mol. The zero-order valence-corrected chi connectivity index (χ0v) is 26.3. The van der Waals surface area contributed by atoms with Gasteiger partial charge in [0.25, 0.3) is 5.91 Å². The van der Waals surface area contributed by atoms with Gasteiger partial charge in [-0.15, -0.1) is 0 Å². The van der Waals surface area contributed by atoms with Crippen molar-refractivity contribution in [3.63, 3.8) is 0 Å². The summed E-state index contributed by atoms with van der Waals surface area (Å²) in [6, 6.07) is -0.961. The second-order valence-electron chi connectivity index (χ2n) is 12.2. The van der Waals surface area contributed by atoms with Crippen molar-refractivity contribution in [2.75, 3.05) is 26.9 Å². The van der Waals surface area contributed by atoms with E-state index in [1.165, 1.54) is 58.1 Å². The minimum absolute atomic E-state index is 0.0938. The molecule has 0 aromatic carbocycles. The zero-order chi connectivity index (χ0) is 31.5. The number of allylic oxidation sites excluding steroid dienone is 1. The summed E-state index contributed by atoms with van der Waals surface area (Å²) in [4.78, 5) is 37.6. The molecule has 11 heteroatoms. The summed E-state index contributed by atoms with van der Waals surface area (Å²) in [5.41, 5.74) is -0.261. The van der Waals surface area contributed by atoms with E-state index in [0.717, 1.165) is 12.8 Å². The summed E-state index contributed by atoms with van der Waals surface area (Å²) in [5, 5.41) is 36.3. The van der Waals surface area contributed by atoms with E-state index < -0.39 is 54.3 Å². The van der Waals surface area contributed by atoms with Crippen molar-refractivity contribution in [3.8, 4) is 0 Å². The molecule has 0 saturated carbocycles. The summed E-state index contributed by atoms with van der Waals surface area (Å²) in [6.07, 6.45) is 7.32. The Hall–Kier alpha value is -2.05. The van der Waals surface area contributed by atoms with Crippen LogP contribution in [0.3, 0.4) is 0 Å². The van der Waals surface area contributed by atoms with E-state index in [9.17, 15) is 29.7 Å². The quantitative estimate of drug-likeness (QED) is 0.0803. The maximum Gasteiger partial charge on any atom is 0.332 e. The number of ether oxygens (including phenoxy) is 3. The van der Waals surface area contributed by atoms with Crippen molar-refractivity contribution in [1.82, 2.24) is 10.6 Å². The van der Waals surface area contributed by atoms with E-state index in [-0.39, 0.29) is 25.0 Å². The SMILES string of the molecule is CCCCCCCCCCCOCC(=O)O[C@@H]1CC[C@H](NC(=O)[C@H](OC)[C@H](O)[C@@H](O)[C@H](O)/C=C/C(C)(C)C)C(=O)NC1. The first-order valence-electron chi connectivity index (χ1n) is 15.5. The molecule has 1 heterocycles. The Morgan fingerprint density at radius 3 is 2.21 bits per heavy atom. The third-order valence-corrected chi connectivity index (χ3v) is 7.14. The van der Waals surface area contributed by atoms with Crippen molar-refractivity contribution in [3.05, 3.63) is 12.2 Å². The van der Waals surface area contributed by atoms with E-state index in [1.807, 2.05) is 20.8 Å². The highest BCUT2D eigenvalue weighted by molar-refractivity contribution is 5.89. The number of carbonyl (C=O) groups is 3. The lowest BCUT2D eigenvalue weighted by molar-refractivity contribution is -0.154. The van der Waals surface area contributed by atoms with Gasteiger partial charge < -0.3 is 40.2 Å². The van der Waals surface area contributed by atoms with E-state index in [2.05, 4.69) is 17.6 Å². The maximum atomic E-state index is 12.8. The molecule has 0 spiro atoms. The number of hydrogen-bond donors (Lipinski definition) is 5. The summed E-state index contributed by atoms with van der Waals surface area (Å²) >= 11 is 0. The maximum absolute atomic E-state index is 12.8. The van der Waals surface area contributed by atoms with Crippen molar-refractivity contribution >= 4 is 17.8 Å². The van der Waals surface area contributed by atoms with Crippen LogP contribution in [0, 0.1) is 5.41 Å². The second-order valence-corrected chi connectivity index (χ2v) is 12.2. The minimum Gasteiger partial charge on any atom is -0.459 e. The molecule has 0 unspecified atom stereocenters. The van der Waals surface area contributed by atoms with Crippen LogP contribution in [0.2, 0.25) is 0 Å². The van der Waals surface area contributed by atoms with Crippen molar-refractivity contribution < 1.29 is 43.9 Å². The largest absolute Gasteiger partial charge is 0.459 e. The molecular formula is C31H56N2O9. The molecule has 5 N–H and O–H groups in total. The summed E-state index contributed by atoms with van der Waals surface area (Å²) in [5.74, 6) is -1.80. The summed E-state index contributed by atoms with van der Waals surface area (Å²) < 4.78 is 16.0. The van der Waals surface area contributed by atoms with E-state index in [4.69, 9.17) is 14.2 Å². The first kappa shape index (κ1) is 38.0. The van der Waals surface area contributed by atoms with Crippen LogP contribution in [-0.2, 0) is 28.6 Å². The fraction of sp³-hybridized carbons (Fsp3) is 0.839. The Labute approximate surface area is 251 Å². The lowest BCUT2D eigenvalue weighted by Crippen LogP contribution is -2.55. The zero-order valence-electron chi connectivity index (χ0n) is 26.3. The molecule has 0 aromatic rings. The van der Waals surface area contributed by atoms with Gasteiger partial charge in [0.2, 0.25) is 5.91 Å². The number of rotatable bonds is 20. The molecule has 42 heavy (non-hydrogen) atoms. The monoisotopic (exact) mass is 600 g/mol. The van der Waals surface area contributed by atoms with Gasteiger partial charge in [-0.05, 0) is 24.7 Å². The third-order valence-electron chi connectivity index (χ3n) is 7.14. The summed E-state index contributed by atoms with van der Waals surface area (Å²) in [7, 11) is 1.18. The Balaban J connectivity index is 2.41. The Kier molecular flexibility index (Phi) is 18.8. The molecule has 2 amide bonds. The molecule has 6 atom stereocenters. The lowest BCUT2D eigenvalue weighted by atomic mass is 9.94.